The van der Waals surface area contributed by atoms with Crippen molar-refractivity contribution in [1.82, 2.24) is 9.88 Å². The van der Waals surface area contributed by atoms with Crippen LogP contribution in [-0.2, 0) is 4.79 Å². The Kier molecular flexibility index (Phi) is 4.80. The summed E-state index contributed by atoms with van der Waals surface area (Å²) in [5.74, 6) is -0.976. The van der Waals surface area contributed by atoms with Crippen molar-refractivity contribution in [2.24, 2.45) is 0 Å². The number of rotatable bonds is 5. The van der Waals surface area contributed by atoms with Gasteiger partial charge in [0.1, 0.15) is 5.01 Å². The maximum atomic E-state index is 12.5. The van der Waals surface area contributed by atoms with Crippen molar-refractivity contribution in [1.29, 1.82) is 0 Å². The lowest BCUT2D eigenvalue weighted by molar-refractivity contribution is -0.116. The molecule has 1 aliphatic heterocycles. The third-order valence-electron chi connectivity index (χ3n) is 5.13. The zero-order chi connectivity index (χ0) is 21.4. The second-order valence-electron chi connectivity index (χ2n) is 7.17. The first kappa shape index (κ1) is 19.1. The van der Waals surface area contributed by atoms with E-state index < -0.39 is 0 Å². The highest BCUT2D eigenvalue weighted by atomic mass is 32.1. The van der Waals surface area contributed by atoms with E-state index in [2.05, 4.69) is 10.3 Å². The van der Waals surface area contributed by atoms with Gasteiger partial charge in [-0.15, -0.1) is 11.3 Å². The van der Waals surface area contributed by atoms with Crippen molar-refractivity contribution in [2.75, 3.05) is 11.9 Å². The van der Waals surface area contributed by atoms with Gasteiger partial charge in [0.15, 0.2) is 0 Å². The molecule has 0 aliphatic carbocycles. The Bertz CT molecular complexity index is 1280. The Labute approximate surface area is 182 Å². The minimum atomic E-state index is -0.355. The number of amides is 3. The summed E-state index contributed by atoms with van der Waals surface area (Å²) >= 11 is 1.59. The number of benzene rings is 3. The Morgan fingerprint density at radius 1 is 0.903 bits per heavy atom. The number of aromatic nitrogens is 1. The lowest BCUT2D eigenvalue weighted by Gasteiger charge is -2.13. The molecule has 3 amide bonds. The molecule has 1 N–H and O–H groups in total. The van der Waals surface area contributed by atoms with Gasteiger partial charge in [-0.2, -0.15) is 0 Å². The fourth-order valence-corrected chi connectivity index (χ4v) is 4.57. The molecule has 0 saturated carbocycles. The van der Waals surface area contributed by atoms with Crippen molar-refractivity contribution in [3.05, 3.63) is 83.9 Å². The van der Waals surface area contributed by atoms with Crippen LogP contribution < -0.4 is 5.32 Å². The van der Waals surface area contributed by atoms with Gasteiger partial charge in [-0.05, 0) is 36.4 Å². The molecule has 0 fully saturated rings. The number of fused-ring (bicyclic) bond motifs is 2. The molecule has 1 aromatic heterocycles. The number of nitrogens with zero attached hydrogens (tertiary/aromatic N) is 2. The fraction of sp³-hybridized carbons (Fsp3) is 0.0833. The number of thiazole rings is 1. The molecule has 0 radical (unpaired) electrons. The van der Waals surface area contributed by atoms with E-state index in [-0.39, 0.29) is 30.7 Å². The molecular formula is C24H17N3O3S. The molecule has 152 valence electrons. The van der Waals surface area contributed by atoms with Crippen molar-refractivity contribution < 1.29 is 14.4 Å². The largest absolute Gasteiger partial charge is 0.326 e. The van der Waals surface area contributed by atoms with E-state index in [0.717, 1.165) is 25.7 Å². The number of anilines is 1. The maximum Gasteiger partial charge on any atom is 0.261 e. The minimum absolute atomic E-state index is 0.0246. The average molecular weight is 427 g/mol. The Morgan fingerprint density at radius 2 is 1.61 bits per heavy atom. The van der Waals surface area contributed by atoms with Crippen LogP contribution in [0.25, 0.3) is 20.8 Å². The minimum Gasteiger partial charge on any atom is -0.326 e. The summed E-state index contributed by atoms with van der Waals surface area (Å²) in [5.41, 5.74) is 3.27. The van der Waals surface area contributed by atoms with Crippen LogP contribution in [0.1, 0.15) is 27.1 Å². The van der Waals surface area contributed by atoms with Crippen LogP contribution in [0.2, 0.25) is 0 Å². The summed E-state index contributed by atoms with van der Waals surface area (Å²) < 4.78 is 1.10. The highest BCUT2D eigenvalue weighted by Crippen LogP contribution is 2.31. The number of hydrogen-bond acceptors (Lipinski definition) is 5. The topological polar surface area (TPSA) is 79.4 Å². The number of imide groups is 1. The normalized spacial score (nSPS) is 13.0. The zero-order valence-corrected chi connectivity index (χ0v) is 17.2. The maximum absolute atomic E-state index is 12.5. The summed E-state index contributed by atoms with van der Waals surface area (Å²) in [4.78, 5) is 43.1. The van der Waals surface area contributed by atoms with Crippen molar-refractivity contribution in [2.45, 2.75) is 6.42 Å². The second-order valence-corrected chi connectivity index (χ2v) is 8.20. The summed E-state index contributed by atoms with van der Waals surface area (Å²) in [5, 5.41) is 3.73. The molecule has 3 aromatic carbocycles. The molecule has 0 saturated heterocycles. The van der Waals surface area contributed by atoms with E-state index in [9.17, 15) is 14.4 Å². The van der Waals surface area contributed by atoms with E-state index in [1.165, 1.54) is 0 Å². The fourth-order valence-electron chi connectivity index (χ4n) is 3.60. The zero-order valence-electron chi connectivity index (χ0n) is 16.4. The predicted octanol–water partition coefficient (Wildman–Crippen LogP) is 4.59. The summed E-state index contributed by atoms with van der Waals surface area (Å²) in [6, 6.07) is 22.1. The van der Waals surface area contributed by atoms with Crippen LogP contribution in [-0.4, -0.2) is 34.2 Å². The van der Waals surface area contributed by atoms with Crippen LogP contribution >= 0.6 is 11.3 Å². The number of carbonyl (C=O) groups is 3. The summed E-state index contributed by atoms with van der Waals surface area (Å²) in [6.45, 7) is 0.0374. The van der Waals surface area contributed by atoms with Gasteiger partial charge in [0.05, 0.1) is 21.3 Å². The van der Waals surface area contributed by atoms with Crippen LogP contribution in [0.15, 0.2) is 72.8 Å². The highest BCUT2D eigenvalue weighted by Gasteiger charge is 2.34. The standard InChI is InChI=1S/C24H17N3O3S/c28-21(12-13-27-23(29)17-8-1-2-9-18(17)24(27)30)25-16-7-5-6-15(14-16)22-26-19-10-3-4-11-20(19)31-22/h1-11,14H,12-13H2,(H,25,28). The van der Waals surface area contributed by atoms with E-state index in [4.69, 9.17) is 0 Å². The molecule has 5 rings (SSSR count). The molecule has 1 aliphatic rings. The lowest BCUT2D eigenvalue weighted by atomic mass is 10.1. The molecule has 31 heavy (non-hydrogen) atoms. The Hall–Kier alpha value is -3.84. The van der Waals surface area contributed by atoms with Crippen LogP contribution in [0.4, 0.5) is 5.69 Å². The van der Waals surface area contributed by atoms with Crippen molar-refractivity contribution >= 4 is 45.0 Å². The van der Waals surface area contributed by atoms with E-state index in [1.807, 2.05) is 42.5 Å². The highest BCUT2D eigenvalue weighted by molar-refractivity contribution is 7.21. The monoisotopic (exact) mass is 427 g/mol. The molecule has 2 heterocycles. The first-order valence-corrected chi connectivity index (χ1v) is 10.6. The first-order valence-electron chi connectivity index (χ1n) is 9.81. The Balaban J connectivity index is 1.26. The summed E-state index contributed by atoms with van der Waals surface area (Å²) in [7, 11) is 0. The average Bonchev–Trinajstić information content (AvgIpc) is 3.33. The smallest absolute Gasteiger partial charge is 0.261 e. The molecule has 0 unspecified atom stereocenters. The van der Waals surface area contributed by atoms with Gasteiger partial charge in [0, 0.05) is 24.2 Å². The molecule has 0 spiro atoms. The van der Waals surface area contributed by atoms with Gasteiger partial charge in [0.25, 0.3) is 11.8 Å². The number of nitrogens with one attached hydrogen (secondary N) is 1. The molecule has 0 bridgehead atoms. The molecule has 4 aromatic rings. The van der Waals surface area contributed by atoms with Gasteiger partial charge in [-0.1, -0.05) is 36.4 Å². The Morgan fingerprint density at radius 3 is 2.35 bits per heavy atom. The molecule has 7 heteroatoms. The molecule has 6 nitrogen and oxygen atoms in total. The third-order valence-corrected chi connectivity index (χ3v) is 6.21. The molecular weight excluding hydrogens is 410 g/mol. The molecule has 0 atom stereocenters. The van der Waals surface area contributed by atoms with Crippen molar-refractivity contribution in [3.8, 4) is 10.6 Å². The second kappa shape index (κ2) is 7.77. The quantitative estimate of drug-likeness (QED) is 0.473. The number of para-hydroxylation sites is 1. The number of carbonyl (C=O) groups excluding carboxylic acids is 3. The van der Waals surface area contributed by atoms with Gasteiger partial charge in [-0.25, -0.2) is 4.98 Å². The van der Waals surface area contributed by atoms with E-state index in [0.29, 0.717) is 16.8 Å². The van der Waals surface area contributed by atoms with E-state index >= 15 is 0 Å². The van der Waals surface area contributed by atoms with Gasteiger partial charge < -0.3 is 5.32 Å². The van der Waals surface area contributed by atoms with Crippen LogP contribution in [0.3, 0.4) is 0 Å². The third kappa shape index (κ3) is 3.60. The van der Waals surface area contributed by atoms with Crippen LogP contribution in [0, 0.1) is 0 Å². The predicted molar refractivity (Wildman–Crippen MR) is 120 cm³/mol. The van der Waals surface area contributed by atoms with Crippen LogP contribution in [0.5, 0.6) is 0 Å². The van der Waals surface area contributed by atoms with Gasteiger partial charge >= 0.3 is 0 Å². The number of hydrogen-bond donors (Lipinski definition) is 1. The summed E-state index contributed by atoms with van der Waals surface area (Å²) in [6.07, 6.45) is 0.0246. The SMILES string of the molecule is O=C(CCN1C(=O)c2ccccc2C1=O)Nc1cccc(-c2nc3ccccc3s2)c1. The van der Waals surface area contributed by atoms with Gasteiger partial charge in [-0.3, -0.25) is 19.3 Å². The first-order chi connectivity index (χ1) is 15.1. The lowest BCUT2D eigenvalue weighted by Crippen LogP contribution is -2.32. The van der Waals surface area contributed by atoms with E-state index in [1.54, 1.807) is 41.7 Å². The van der Waals surface area contributed by atoms with Crippen molar-refractivity contribution in [3.63, 3.8) is 0 Å². The van der Waals surface area contributed by atoms with Gasteiger partial charge in [0.2, 0.25) is 5.91 Å².